The first-order valence-corrected chi connectivity index (χ1v) is 3.14. The van der Waals surface area contributed by atoms with E-state index in [1.807, 2.05) is 6.07 Å². The summed E-state index contributed by atoms with van der Waals surface area (Å²) < 4.78 is 0. The molecule has 0 aliphatic carbocycles. The maximum atomic E-state index is 11.0. The van der Waals surface area contributed by atoms with Crippen molar-refractivity contribution in [2.45, 2.75) is 0 Å². The molecule has 0 saturated carbocycles. The predicted molar refractivity (Wildman–Crippen MR) is 41.0 cm³/mol. The molecule has 1 aromatic carbocycles. The van der Waals surface area contributed by atoms with Gasteiger partial charge in [0.2, 0.25) is 0 Å². The quantitative estimate of drug-likeness (QED) is 0.266. The van der Waals surface area contributed by atoms with Crippen LogP contribution in [0.25, 0.3) is 10.6 Å². The van der Waals surface area contributed by atoms with Crippen molar-refractivity contribution in [3.8, 4) is 0 Å². The Morgan fingerprint density at radius 1 is 1.33 bits per heavy atom. The molecule has 1 rings (SSSR count). The third-order valence-electron chi connectivity index (χ3n) is 1.24. The fourth-order valence-electron chi connectivity index (χ4n) is 0.736. The van der Waals surface area contributed by atoms with Crippen LogP contribution in [0.5, 0.6) is 0 Å². The number of rotatable bonds is 1. The van der Waals surface area contributed by atoms with Gasteiger partial charge >= 0.3 is 18.9 Å². The van der Waals surface area contributed by atoms with Crippen LogP contribution >= 0.6 is 0 Å². The molecule has 0 radical (unpaired) electrons. The van der Waals surface area contributed by atoms with E-state index in [0.717, 1.165) is 6.20 Å². The van der Waals surface area contributed by atoms with Crippen LogP contribution in [0.1, 0.15) is 5.56 Å². The molecule has 0 spiro atoms. The summed E-state index contributed by atoms with van der Waals surface area (Å²) >= 11 is 0. The minimum atomic E-state index is -0.236. The summed E-state index contributed by atoms with van der Waals surface area (Å²) in [5.41, 5.74) is 0.559. The van der Waals surface area contributed by atoms with Gasteiger partial charge < -0.3 is 5.11 Å². The van der Waals surface area contributed by atoms with E-state index in [0.29, 0.717) is 5.56 Å². The molecule has 0 N–H and O–H groups in total. The fraction of sp³-hybridized carbons (Fsp3) is 0. The van der Waals surface area contributed by atoms with E-state index < -0.39 is 0 Å². The van der Waals surface area contributed by atoms with Gasteiger partial charge in [0.25, 0.3) is 0 Å². The molecule has 12 heavy (non-hydrogen) atoms. The van der Waals surface area contributed by atoms with Crippen LogP contribution in [0.15, 0.2) is 36.5 Å². The topological polar surface area (TPSA) is 27.4 Å². The Kier molecular flexibility index (Phi) is 4.96. The summed E-state index contributed by atoms with van der Waals surface area (Å²) in [6.07, 6.45) is 0.981. The van der Waals surface area contributed by atoms with Gasteiger partial charge in [-0.2, -0.15) is 0 Å². The Morgan fingerprint density at radius 2 is 1.92 bits per heavy atom. The molecule has 0 bridgehead atoms. The molecule has 2 nitrogen and oxygen atoms in total. The molecular formula is C9H6LiNO. The van der Waals surface area contributed by atoms with Crippen molar-refractivity contribution in [3.63, 3.8) is 0 Å². The molecule has 0 unspecified atom stereocenters. The van der Waals surface area contributed by atoms with E-state index in [2.05, 4.69) is 4.85 Å². The maximum Gasteiger partial charge on any atom is 1.00 e. The van der Waals surface area contributed by atoms with Gasteiger partial charge in [-0.25, -0.2) is 4.85 Å². The fourth-order valence-corrected chi connectivity index (χ4v) is 0.736. The van der Waals surface area contributed by atoms with Crippen molar-refractivity contribution < 1.29 is 24.0 Å². The van der Waals surface area contributed by atoms with Crippen LogP contribution in [-0.4, -0.2) is 0 Å². The molecule has 54 valence electrons. The average Bonchev–Trinajstić information content (AvgIpc) is 2.07. The van der Waals surface area contributed by atoms with Gasteiger partial charge in [0.05, 0.1) is 6.57 Å². The van der Waals surface area contributed by atoms with Gasteiger partial charge in [-0.3, -0.25) is 0 Å². The van der Waals surface area contributed by atoms with Crippen molar-refractivity contribution in [1.29, 1.82) is 0 Å². The molecule has 0 fully saturated rings. The van der Waals surface area contributed by atoms with Gasteiger partial charge in [0.15, 0.2) is 0 Å². The van der Waals surface area contributed by atoms with Gasteiger partial charge in [-0.1, -0.05) is 30.3 Å². The van der Waals surface area contributed by atoms with E-state index in [4.69, 9.17) is 6.57 Å². The van der Waals surface area contributed by atoms with Gasteiger partial charge in [0, 0.05) is 0 Å². The number of hydrogen-bond acceptors (Lipinski definition) is 1. The Labute approximate surface area is 83.5 Å². The van der Waals surface area contributed by atoms with Crippen LogP contribution in [0, 0.1) is 6.57 Å². The zero-order chi connectivity index (χ0) is 8.10. The molecule has 3 heteroatoms. The van der Waals surface area contributed by atoms with Crippen molar-refractivity contribution in [1.82, 2.24) is 0 Å². The van der Waals surface area contributed by atoms with Gasteiger partial charge in [0.1, 0.15) is 6.20 Å². The molecule has 0 saturated heterocycles. The third-order valence-corrected chi connectivity index (χ3v) is 1.24. The normalized spacial score (nSPS) is 9.75. The summed E-state index contributed by atoms with van der Waals surface area (Å²) in [7, 11) is 0. The Balaban J connectivity index is 0.00000121. The summed E-state index contributed by atoms with van der Waals surface area (Å²) in [6.45, 7) is 6.43. The summed E-state index contributed by atoms with van der Waals surface area (Å²) in [5.74, 6) is -0.236. The zero-order valence-corrected chi connectivity index (χ0v) is 6.82. The summed E-state index contributed by atoms with van der Waals surface area (Å²) in [6, 6.07) is 8.73. The van der Waals surface area contributed by atoms with E-state index in [1.54, 1.807) is 24.3 Å². The maximum absolute atomic E-state index is 11.0. The predicted octanol–water partition coefficient (Wildman–Crippen LogP) is -1.73. The Hall–Kier alpha value is -1.15. The van der Waals surface area contributed by atoms with E-state index in [9.17, 15) is 5.11 Å². The Morgan fingerprint density at radius 3 is 2.42 bits per heavy atom. The number of hydrogen-bond donors (Lipinski definition) is 0. The van der Waals surface area contributed by atoms with E-state index in [-0.39, 0.29) is 24.6 Å². The first-order valence-electron chi connectivity index (χ1n) is 3.14. The van der Waals surface area contributed by atoms with Crippen LogP contribution in [0.3, 0.4) is 0 Å². The van der Waals surface area contributed by atoms with Crippen molar-refractivity contribution in [2.24, 2.45) is 0 Å². The molecule has 0 atom stereocenters. The monoisotopic (exact) mass is 151 g/mol. The molecule has 1 aromatic rings. The third kappa shape index (κ3) is 2.84. The largest absolute Gasteiger partial charge is 1.00 e. The van der Waals surface area contributed by atoms with Crippen LogP contribution in [-0.2, 0) is 0 Å². The first-order chi connectivity index (χ1) is 5.34. The second kappa shape index (κ2) is 5.49. The van der Waals surface area contributed by atoms with Crippen molar-refractivity contribution >= 4 is 5.76 Å². The van der Waals surface area contributed by atoms with Crippen LogP contribution in [0.4, 0.5) is 0 Å². The molecular weight excluding hydrogens is 145 g/mol. The summed E-state index contributed by atoms with van der Waals surface area (Å²) in [5, 5.41) is 11.0. The second-order valence-corrected chi connectivity index (χ2v) is 1.99. The van der Waals surface area contributed by atoms with Gasteiger partial charge in [-0.15, -0.1) is 5.76 Å². The number of benzene rings is 1. The van der Waals surface area contributed by atoms with E-state index in [1.165, 1.54) is 0 Å². The Bertz CT molecular complexity index is 300. The number of nitrogens with zero attached hydrogens (tertiary/aromatic N) is 1. The zero-order valence-electron chi connectivity index (χ0n) is 6.82. The SMILES string of the molecule is [C-]#[N+]/C=C(/[O-])c1ccccc1.[Li+]. The minimum Gasteiger partial charge on any atom is -0.881 e. The molecule has 0 heterocycles. The van der Waals surface area contributed by atoms with Crippen LogP contribution < -0.4 is 24.0 Å². The molecule has 0 aliphatic rings. The van der Waals surface area contributed by atoms with Crippen molar-refractivity contribution in [2.75, 3.05) is 0 Å². The van der Waals surface area contributed by atoms with E-state index >= 15 is 0 Å². The van der Waals surface area contributed by atoms with Gasteiger partial charge in [-0.05, 0) is 5.56 Å². The molecule has 0 aromatic heterocycles. The molecule has 0 aliphatic heterocycles. The van der Waals surface area contributed by atoms with Crippen LogP contribution in [0.2, 0.25) is 0 Å². The molecule has 0 amide bonds. The smallest absolute Gasteiger partial charge is 0.881 e. The minimum absolute atomic E-state index is 0. The summed E-state index contributed by atoms with van der Waals surface area (Å²) in [4.78, 5) is 2.89. The second-order valence-electron chi connectivity index (χ2n) is 1.99. The average molecular weight is 151 g/mol. The first kappa shape index (κ1) is 10.8. The van der Waals surface area contributed by atoms with Crippen molar-refractivity contribution in [3.05, 3.63) is 53.5 Å². The standard InChI is InChI=1S/C9H7NO.Li/c1-10-7-9(11)8-5-3-2-4-6-8;/h2-7,11H;/q;+1/p-1/b9-7+;.